The number of carbonyl (C=O) groups is 2. The maximum Gasteiger partial charge on any atom is 0.355 e. The van der Waals surface area contributed by atoms with Crippen molar-refractivity contribution < 1.29 is 24.2 Å². The molecule has 7 nitrogen and oxygen atoms in total. The van der Waals surface area contributed by atoms with Crippen molar-refractivity contribution in [2.24, 2.45) is 0 Å². The Kier molecular flexibility index (Phi) is 5.36. The van der Waals surface area contributed by atoms with E-state index in [0.717, 1.165) is 12.1 Å². The van der Waals surface area contributed by atoms with Crippen molar-refractivity contribution in [3.05, 3.63) is 58.0 Å². The van der Waals surface area contributed by atoms with E-state index < -0.39 is 17.4 Å². The van der Waals surface area contributed by atoms with E-state index >= 15 is 0 Å². The zero-order valence-electron chi connectivity index (χ0n) is 13.3. The third-order valence-corrected chi connectivity index (χ3v) is 3.12. The minimum absolute atomic E-state index is 0.0233. The van der Waals surface area contributed by atoms with Gasteiger partial charge in [-0.1, -0.05) is 0 Å². The van der Waals surface area contributed by atoms with Crippen LogP contribution in [0, 0.1) is 0 Å². The zero-order chi connectivity index (χ0) is 17.7. The minimum Gasteiger partial charge on any atom is -0.508 e. The highest BCUT2D eigenvalue weighted by atomic mass is 16.5. The van der Waals surface area contributed by atoms with Crippen molar-refractivity contribution in [1.82, 2.24) is 4.57 Å². The number of aromatic nitrogens is 1. The molecule has 0 aliphatic carbocycles. The molecule has 0 saturated carbocycles. The number of aromatic hydroxyl groups is 1. The molecule has 0 amide bonds. The maximum atomic E-state index is 12.2. The summed E-state index contributed by atoms with van der Waals surface area (Å²) in [6.07, 6.45) is 0. The van der Waals surface area contributed by atoms with Gasteiger partial charge in [0, 0.05) is 17.8 Å². The summed E-state index contributed by atoms with van der Waals surface area (Å²) in [5.41, 5.74) is -0.314. The molecule has 126 valence electrons. The molecule has 1 N–H and O–H groups in total. The van der Waals surface area contributed by atoms with Gasteiger partial charge in [-0.05, 0) is 38.1 Å². The predicted octanol–water partition coefficient (Wildman–Crippen LogP) is 1.90. The summed E-state index contributed by atoms with van der Waals surface area (Å²) in [5, 5.41) is 9.43. The van der Waals surface area contributed by atoms with Gasteiger partial charge in [0.25, 0.3) is 0 Å². The quantitative estimate of drug-likeness (QED) is 0.841. The van der Waals surface area contributed by atoms with Gasteiger partial charge in [-0.25, -0.2) is 9.59 Å². The largest absolute Gasteiger partial charge is 0.508 e. The summed E-state index contributed by atoms with van der Waals surface area (Å²) in [6.45, 7) is 3.50. The average molecular weight is 331 g/mol. The second kappa shape index (κ2) is 7.45. The molecule has 1 heterocycles. The number of benzene rings is 1. The van der Waals surface area contributed by atoms with Gasteiger partial charge in [-0.15, -0.1) is 0 Å². The zero-order valence-corrected chi connectivity index (χ0v) is 13.3. The fourth-order valence-corrected chi connectivity index (χ4v) is 2.16. The highest BCUT2D eigenvalue weighted by molar-refractivity contribution is 5.93. The first-order chi connectivity index (χ1) is 11.5. The van der Waals surface area contributed by atoms with E-state index in [9.17, 15) is 19.5 Å². The molecule has 2 rings (SSSR count). The van der Waals surface area contributed by atoms with Crippen LogP contribution >= 0.6 is 0 Å². The number of hydrogen-bond acceptors (Lipinski definition) is 6. The predicted molar refractivity (Wildman–Crippen MR) is 85.6 cm³/mol. The molecule has 0 saturated heterocycles. The Morgan fingerprint density at radius 2 is 1.42 bits per heavy atom. The smallest absolute Gasteiger partial charge is 0.355 e. The maximum absolute atomic E-state index is 12.2. The second-order valence-electron chi connectivity index (χ2n) is 4.75. The van der Waals surface area contributed by atoms with Gasteiger partial charge >= 0.3 is 11.9 Å². The third-order valence-electron chi connectivity index (χ3n) is 3.12. The van der Waals surface area contributed by atoms with Crippen LogP contribution in [0.2, 0.25) is 0 Å². The van der Waals surface area contributed by atoms with Gasteiger partial charge < -0.3 is 14.6 Å². The Labute approximate surface area is 138 Å². The molecule has 7 heteroatoms. The minimum atomic E-state index is -0.742. The molecule has 0 bridgehead atoms. The topological polar surface area (TPSA) is 94.8 Å². The van der Waals surface area contributed by atoms with Gasteiger partial charge in [-0.3, -0.25) is 9.36 Å². The molecule has 0 radical (unpaired) electrons. The Bertz CT molecular complexity index is 765. The van der Waals surface area contributed by atoms with E-state index in [1.54, 1.807) is 13.8 Å². The van der Waals surface area contributed by atoms with Gasteiger partial charge in [0.15, 0.2) is 5.43 Å². The summed E-state index contributed by atoms with van der Waals surface area (Å²) in [5.74, 6) is -1.46. The van der Waals surface area contributed by atoms with E-state index in [4.69, 9.17) is 9.47 Å². The monoisotopic (exact) mass is 331 g/mol. The molecule has 0 unspecified atom stereocenters. The van der Waals surface area contributed by atoms with Crippen LogP contribution in [-0.4, -0.2) is 34.8 Å². The molecule has 24 heavy (non-hydrogen) atoms. The molecule has 0 fully saturated rings. The Morgan fingerprint density at radius 1 is 0.958 bits per heavy atom. The Hall–Kier alpha value is -3.09. The number of ether oxygens (including phenoxy) is 2. The van der Waals surface area contributed by atoms with Crippen LogP contribution in [0.1, 0.15) is 34.8 Å². The number of nitrogens with zero attached hydrogens (tertiary/aromatic N) is 1. The molecule has 0 aliphatic rings. The first-order valence-corrected chi connectivity index (χ1v) is 7.38. The van der Waals surface area contributed by atoms with Crippen molar-refractivity contribution in [2.75, 3.05) is 13.2 Å². The molecule has 1 aromatic carbocycles. The third kappa shape index (κ3) is 3.62. The van der Waals surface area contributed by atoms with E-state index in [0.29, 0.717) is 5.69 Å². The van der Waals surface area contributed by atoms with Crippen LogP contribution < -0.4 is 5.43 Å². The van der Waals surface area contributed by atoms with E-state index in [2.05, 4.69) is 0 Å². The van der Waals surface area contributed by atoms with E-state index in [-0.39, 0.29) is 30.4 Å². The fourth-order valence-electron chi connectivity index (χ4n) is 2.16. The lowest BCUT2D eigenvalue weighted by atomic mass is 10.2. The molecule has 1 aromatic heterocycles. The van der Waals surface area contributed by atoms with Crippen LogP contribution in [0.3, 0.4) is 0 Å². The highest BCUT2D eigenvalue weighted by Gasteiger charge is 2.22. The van der Waals surface area contributed by atoms with Crippen molar-refractivity contribution in [3.8, 4) is 11.4 Å². The summed E-state index contributed by atoms with van der Waals surface area (Å²) >= 11 is 0. The van der Waals surface area contributed by atoms with Crippen LogP contribution in [0.15, 0.2) is 41.2 Å². The van der Waals surface area contributed by atoms with Crippen molar-refractivity contribution >= 4 is 11.9 Å². The van der Waals surface area contributed by atoms with Crippen LogP contribution in [0.5, 0.6) is 5.75 Å². The number of pyridine rings is 1. The first kappa shape index (κ1) is 17.3. The average Bonchev–Trinajstić information content (AvgIpc) is 2.55. The number of phenols is 1. The number of rotatable bonds is 5. The lowest BCUT2D eigenvalue weighted by molar-refractivity contribution is 0.0504. The molecule has 2 aromatic rings. The van der Waals surface area contributed by atoms with Crippen LogP contribution in [0.4, 0.5) is 0 Å². The van der Waals surface area contributed by atoms with E-state index in [1.807, 2.05) is 0 Å². The van der Waals surface area contributed by atoms with Crippen molar-refractivity contribution in [2.45, 2.75) is 13.8 Å². The van der Waals surface area contributed by atoms with Crippen molar-refractivity contribution in [3.63, 3.8) is 0 Å². The van der Waals surface area contributed by atoms with Gasteiger partial charge in [0.05, 0.1) is 13.2 Å². The summed E-state index contributed by atoms with van der Waals surface area (Å²) in [4.78, 5) is 36.3. The lowest BCUT2D eigenvalue weighted by Crippen LogP contribution is -2.24. The molecular weight excluding hydrogens is 314 g/mol. The normalized spacial score (nSPS) is 10.2. The Morgan fingerprint density at radius 3 is 1.83 bits per heavy atom. The number of hydrogen-bond donors (Lipinski definition) is 1. The van der Waals surface area contributed by atoms with E-state index in [1.165, 1.54) is 28.8 Å². The SMILES string of the molecule is CCOC(=O)c1cc(=O)cc(C(=O)OCC)n1-c1ccc(O)cc1. The summed E-state index contributed by atoms with van der Waals surface area (Å²) < 4.78 is 11.2. The molecule has 0 spiro atoms. The lowest BCUT2D eigenvalue weighted by Gasteiger charge is -2.17. The molecular formula is C17H17NO6. The second-order valence-corrected chi connectivity index (χ2v) is 4.75. The number of phenolic OH excluding ortho intramolecular Hbond substituents is 1. The van der Waals surface area contributed by atoms with Crippen LogP contribution in [0.25, 0.3) is 5.69 Å². The van der Waals surface area contributed by atoms with Gasteiger partial charge in [-0.2, -0.15) is 0 Å². The summed E-state index contributed by atoms with van der Waals surface area (Å²) in [7, 11) is 0. The van der Waals surface area contributed by atoms with Crippen LogP contribution in [-0.2, 0) is 9.47 Å². The Balaban J connectivity index is 2.74. The standard InChI is InChI=1S/C17H17NO6/c1-3-23-16(21)14-9-13(20)10-15(17(22)24-4-2)18(14)11-5-7-12(19)8-6-11/h5-10,19H,3-4H2,1-2H3. The van der Waals surface area contributed by atoms with Crippen molar-refractivity contribution in [1.29, 1.82) is 0 Å². The number of esters is 2. The highest BCUT2D eigenvalue weighted by Crippen LogP contribution is 2.19. The summed E-state index contributed by atoms with van der Waals surface area (Å²) in [6, 6.07) is 7.99. The van der Waals surface area contributed by atoms with Gasteiger partial charge in [0.2, 0.25) is 0 Å². The van der Waals surface area contributed by atoms with Gasteiger partial charge in [0.1, 0.15) is 17.1 Å². The fraction of sp³-hybridized carbons (Fsp3) is 0.235. The molecule has 0 aliphatic heterocycles. The number of carbonyl (C=O) groups excluding carboxylic acids is 2. The molecule has 0 atom stereocenters. The first-order valence-electron chi connectivity index (χ1n) is 7.38.